The van der Waals surface area contributed by atoms with E-state index in [1.807, 2.05) is 48.3 Å². The van der Waals surface area contributed by atoms with Gasteiger partial charge >= 0.3 is 0 Å². The van der Waals surface area contributed by atoms with Crippen LogP contribution in [0.3, 0.4) is 0 Å². The predicted octanol–water partition coefficient (Wildman–Crippen LogP) is 2.59. The molecule has 106 valence electrons. The van der Waals surface area contributed by atoms with Crippen LogP contribution >= 0.6 is 0 Å². The van der Waals surface area contributed by atoms with Gasteiger partial charge in [-0.3, -0.25) is 0 Å². The lowest BCUT2D eigenvalue weighted by molar-refractivity contribution is 0.346. The van der Waals surface area contributed by atoms with Gasteiger partial charge in [-0.25, -0.2) is 8.42 Å². The lowest BCUT2D eigenvalue weighted by Crippen LogP contribution is -2.25. The van der Waals surface area contributed by atoms with Gasteiger partial charge in [-0.15, -0.1) is 0 Å². The van der Waals surface area contributed by atoms with E-state index in [-0.39, 0.29) is 5.75 Å². The summed E-state index contributed by atoms with van der Waals surface area (Å²) < 4.78 is 24.3. The number of sulfone groups is 1. The molecule has 0 atom stereocenters. The number of hydrogen-bond donors (Lipinski definition) is 0. The van der Waals surface area contributed by atoms with Crippen LogP contribution in [0.15, 0.2) is 65.6 Å². The van der Waals surface area contributed by atoms with E-state index in [1.165, 1.54) is 5.56 Å². The molecule has 2 aromatic rings. The van der Waals surface area contributed by atoms with E-state index in [1.54, 1.807) is 24.3 Å². The summed E-state index contributed by atoms with van der Waals surface area (Å²) in [6, 6.07) is 18.7. The van der Waals surface area contributed by atoms with Crippen LogP contribution in [0.4, 0.5) is 0 Å². The highest BCUT2D eigenvalue weighted by molar-refractivity contribution is 7.91. The molecule has 0 spiro atoms. The molecule has 2 aromatic carbocycles. The Labute approximate surface area is 120 Å². The Hall–Kier alpha value is -1.65. The van der Waals surface area contributed by atoms with Crippen LogP contribution < -0.4 is 0 Å². The Kier molecular flexibility index (Phi) is 4.93. The minimum atomic E-state index is -3.19. The van der Waals surface area contributed by atoms with E-state index >= 15 is 0 Å². The second-order valence-corrected chi connectivity index (χ2v) is 6.96. The van der Waals surface area contributed by atoms with Crippen molar-refractivity contribution < 1.29 is 8.42 Å². The summed E-state index contributed by atoms with van der Waals surface area (Å²) in [5.74, 6) is 0.139. The molecule has 0 N–H and O–H groups in total. The predicted molar refractivity (Wildman–Crippen MR) is 81.3 cm³/mol. The fourth-order valence-corrected chi connectivity index (χ4v) is 3.36. The van der Waals surface area contributed by atoms with Gasteiger partial charge in [0.25, 0.3) is 0 Å². The minimum absolute atomic E-state index is 0.139. The van der Waals surface area contributed by atoms with E-state index in [9.17, 15) is 8.42 Å². The van der Waals surface area contributed by atoms with E-state index < -0.39 is 9.84 Å². The van der Waals surface area contributed by atoms with Crippen molar-refractivity contribution in [2.75, 3.05) is 19.3 Å². The molecule has 0 bridgehead atoms. The molecule has 0 fully saturated rings. The van der Waals surface area contributed by atoms with E-state index in [0.717, 1.165) is 6.54 Å². The quantitative estimate of drug-likeness (QED) is 0.820. The highest BCUT2D eigenvalue weighted by Gasteiger charge is 2.14. The number of nitrogens with zero attached hydrogens (tertiary/aromatic N) is 1. The summed E-state index contributed by atoms with van der Waals surface area (Å²) in [7, 11) is -1.25. The van der Waals surface area contributed by atoms with Crippen LogP contribution in [0.2, 0.25) is 0 Å². The van der Waals surface area contributed by atoms with Crippen LogP contribution in [-0.4, -0.2) is 32.7 Å². The van der Waals surface area contributed by atoms with Crippen molar-refractivity contribution in [2.24, 2.45) is 0 Å². The standard InChI is InChI=1S/C16H19NO2S/c1-17(14-15-8-4-2-5-9-15)12-13-20(18,19)16-10-6-3-7-11-16/h2-11H,12-14H2,1H3. The maximum absolute atomic E-state index is 12.2. The number of rotatable bonds is 6. The maximum atomic E-state index is 12.2. The average Bonchev–Trinajstić information content (AvgIpc) is 2.47. The second-order valence-electron chi connectivity index (χ2n) is 4.86. The molecule has 0 aromatic heterocycles. The third-order valence-corrected chi connectivity index (χ3v) is 4.85. The first-order chi connectivity index (χ1) is 9.58. The fourth-order valence-electron chi connectivity index (χ4n) is 2.00. The lowest BCUT2D eigenvalue weighted by atomic mass is 10.2. The van der Waals surface area contributed by atoms with E-state index in [4.69, 9.17) is 0 Å². The first-order valence-electron chi connectivity index (χ1n) is 6.58. The van der Waals surface area contributed by atoms with Crippen LogP contribution in [0.5, 0.6) is 0 Å². The molecule has 20 heavy (non-hydrogen) atoms. The maximum Gasteiger partial charge on any atom is 0.179 e. The van der Waals surface area contributed by atoms with Crippen molar-refractivity contribution >= 4 is 9.84 Å². The molecule has 0 unspecified atom stereocenters. The van der Waals surface area contributed by atoms with Gasteiger partial charge in [0.1, 0.15) is 0 Å². The third-order valence-electron chi connectivity index (χ3n) is 3.14. The summed E-state index contributed by atoms with van der Waals surface area (Å²) in [5.41, 5.74) is 1.19. The molecule has 0 saturated heterocycles. The van der Waals surface area contributed by atoms with Gasteiger partial charge in [0.05, 0.1) is 10.6 Å². The minimum Gasteiger partial charge on any atom is -0.301 e. The van der Waals surface area contributed by atoms with E-state index in [2.05, 4.69) is 0 Å². The Morgan fingerprint density at radius 1 is 0.900 bits per heavy atom. The second kappa shape index (κ2) is 6.68. The number of benzene rings is 2. The average molecular weight is 289 g/mol. The molecule has 0 amide bonds. The largest absolute Gasteiger partial charge is 0.301 e. The summed E-state index contributed by atoms with van der Waals surface area (Å²) in [4.78, 5) is 2.42. The number of hydrogen-bond acceptors (Lipinski definition) is 3. The zero-order valence-corrected chi connectivity index (χ0v) is 12.4. The molecule has 0 heterocycles. The monoisotopic (exact) mass is 289 g/mol. The Morgan fingerprint density at radius 3 is 2.05 bits per heavy atom. The van der Waals surface area contributed by atoms with Crippen molar-refractivity contribution in [3.8, 4) is 0 Å². The molecule has 0 aliphatic carbocycles. The fraction of sp³-hybridized carbons (Fsp3) is 0.250. The molecular weight excluding hydrogens is 270 g/mol. The van der Waals surface area contributed by atoms with Crippen LogP contribution in [0, 0.1) is 0 Å². The van der Waals surface area contributed by atoms with Crippen LogP contribution in [0.25, 0.3) is 0 Å². The molecule has 2 rings (SSSR count). The SMILES string of the molecule is CN(CCS(=O)(=O)c1ccccc1)Cc1ccccc1. The molecular formula is C16H19NO2S. The van der Waals surface area contributed by atoms with Crippen molar-refractivity contribution in [2.45, 2.75) is 11.4 Å². The smallest absolute Gasteiger partial charge is 0.179 e. The van der Waals surface area contributed by atoms with Gasteiger partial charge in [0.15, 0.2) is 9.84 Å². The summed E-state index contributed by atoms with van der Waals surface area (Å²) >= 11 is 0. The van der Waals surface area contributed by atoms with Crippen molar-refractivity contribution in [3.05, 3.63) is 66.2 Å². The molecule has 0 aliphatic heterocycles. The first-order valence-corrected chi connectivity index (χ1v) is 8.23. The molecule has 0 radical (unpaired) electrons. The summed E-state index contributed by atoms with van der Waals surface area (Å²) in [5, 5.41) is 0. The van der Waals surface area contributed by atoms with E-state index in [0.29, 0.717) is 11.4 Å². The normalized spacial score (nSPS) is 11.7. The Morgan fingerprint density at radius 2 is 1.45 bits per heavy atom. The zero-order chi connectivity index (χ0) is 14.4. The van der Waals surface area contributed by atoms with Crippen molar-refractivity contribution in [1.82, 2.24) is 4.90 Å². The van der Waals surface area contributed by atoms with Gasteiger partial charge in [-0.1, -0.05) is 48.5 Å². The van der Waals surface area contributed by atoms with Gasteiger partial charge in [0, 0.05) is 13.1 Å². The Bertz CT molecular complexity index is 624. The summed E-state index contributed by atoms with van der Waals surface area (Å²) in [6.45, 7) is 1.28. The van der Waals surface area contributed by atoms with Gasteiger partial charge in [-0.05, 0) is 24.7 Å². The molecule has 4 heteroatoms. The third kappa shape index (κ3) is 4.18. The van der Waals surface area contributed by atoms with Crippen molar-refractivity contribution in [3.63, 3.8) is 0 Å². The first kappa shape index (κ1) is 14.8. The molecule has 3 nitrogen and oxygen atoms in total. The van der Waals surface area contributed by atoms with Gasteiger partial charge in [-0.2, -0.15) is 0 Å². The molecule has 0 aliphatic rings. The van der Waals surface area contributed by atoms with Crippen LogP contribution in [-0.2, 0) is 16.4 Å². The van der Waals surface area contributed by atoms with Gasteiger partial charge in [0.2, 0.25) is 0 Å². The molecule has 0 saturated carbocycles. The summed E-state index contributed by atoms with van der Waals surface area (Å²) in [6.07, 6.45) is 0. The lowest BCUT2D eigenvalue weighted by Gasteiger charge is -2.16. The zero-order valence-electron chi connectivity index (χ0n) is 11.6. The highest BCUT2D eigenvalue weighted by atomic mass is 32.2. The highest BCUT2D eigenvalue weighted by Crippen LogP contribution is 2.10. The van der Waals surface area contributed by atoms with Crippen molar-refractivity contribution in [1.29, 1.82) is 0 Å². The van der Waals surface area contributed by atoms with Gasteiger partial charge < -0.3 is 4.90 Å². The Balaban J connectivity index is 1.92. The topological polar surface area (TPSA) is 37.4 Å². The van der Waals surface area contributed by atoms with Crippen LogP contribution in [0.1, 0.15) is 5.56 Å².